The van der Waals surface area contributed by atoms with Crippen molar-refractivity contribution in [1.29, 1.82) is 0 Å². The number of carbonyl (C=O) groups excluding carboxylic acids is 2. The van der Waals surface area contributed by atoms with Gasteiger partial charge in [0.15, 0.2) is 0 Å². The van der Waals surface area contributed by atoms with Crippen LogP contribution in [0.4, 0.5) is 0 Å². The first-order valence-electron chi connectivity index (χ1n) is 12.9. The Morgan fingerprint density at radius 1 is 1.06 bits per heavy atom. The Hall–Kier alpha value is -3.28. The van der Waals surface area contributed by atoms with E-state index in [1.54, 1.807) is 11.2 Å². The summed E-state index contributed by atoms with van der Waals surface area (Å²) < 4.78 is 7.59. The molecular formula is C29H35N3O3. The number of aromatic nitrogens is 1. The normalized spacial score (nSPS) is 24.3. The number of hydrogen-bond donors (Lipinski definition) is 1. The number of amides is 2. The Kier molecular flexibility index (Phi) is 6.54. The maximum atomic E-state index is 13.9. The maximum Gasteiger partial charge on any atom is 0.271 e. The minimum Gasteiger partial charge on any atom is -0.463 e. The zero-order chi connectivity index (χ0) is 24.4. The quantitative estimate of drug-likeness (QED) is 0.507. The summed E-state index contributed by atoms with van der Waals surface area (Å²) in [7, 11) is 0. The summed E-state index contributed by atoms with van der Waals surface area (Å²) in [5.41, 5.74) is 1.68. The van der Waals surface area contributed by atoms with Crippen molar-refractivity contribution in [3.63, 3.8) is 0 Å². The number of rotatable bonds is 7. The molecule has 1 saturated carbocycles. The van der Waals surface area contributed by atoms with Crippen molar-refractivity contribution in [2.24, 2.45) is 5.92 Å². The standard InChI is InChI=1S/C29H35N3O3/c1-21-10-6-7-14-23(21)30-28(34)29(2)20-31-24(26-15-9-19-35-26)16-17-25(31)27(33)32(29)18-8-13-22-11-4-3-5-12-22/h3-5,9,11-12,15-17,19,21,23H,6-8,10,13-14,18,20H2,1-2H3,(H,30,34)/t21-,23-,29-/m1/s1. The highest BCUT2D eigenvalue weighted by molar-refractivity contribution is 6.00. The minimum absolute atomic E-state index is 0.0611. The average molecular weight is 474 g/mol. The molecule has 1 aromatic carbocycles. The summed E-state index contributed by atoms with van der Waals surface area (Å²) in [5.74, 6) is 0.985. The molecule has 5 rings (SSSR count). The molecule has 2 aromatic heterocycles. The van der Waals surface area contributed by atoms with E-state index in [0.717, 1.165) is 37.8 Å². The predicted molar refractivity (Wildman–Crippen MR) is 136 cm³/mol. The molecule has 2 amide bonds. The molecule has 0 saturated heterocycles. The fourth-order valence-electron chi connectivity index (χ4n) is 5.70. The molecule has 184 valence electrons. The topological polar surface area (TPSA) is 67.5 Å². The third kappa shape index (κ3) is 4.54. The smallest absolute Gasteiger partial charge is 0.271 e. The Bertz CT molecular complexity index is 1170. The molecule has 6 heteroatoms. The van der Waals surface area contributed by atoms with Crippen molar-refractivity contribution in [2.75, 3.05) is 6.54 Å². The second-order valence-corrected chi connectivity index (χ2v) is 10.3. The van der Waals surface area contributed by atoms with Gasteiger partial charge in [0.25, 0.3) is 5.91 Å². The first-order valence-corrected chi connectivity index (χ1v) is 12.9. The molecular weight excluding hydrogens is 438 g/mol. The van der Waals surface area contributed by atoms with Crippen LogP contribution in [0.3, 0.4) is 0 Å². The number of carbonyl (C=O) groups is 2. The molecule has 1 aliphatic heterocycles. The fourth-order valence-corrected chi connectivity index (χ4v) is 5.70. The van der Waals surface area contributed by atoms with Crippen molar-refractivity contribution < 1.29 is 14.0 Å². The molecule has 6 nitrogen and oxygen atoms in total. The summed E-state index contributed by atoms with van der Waals surface area (Å²) in [6.07, 6.45) is 7.77. The van der Waals surface area contributed by atoms with Crippen LogP contribution in [-0.2, 0) is 17.8 Å². The van der Waals surface area contributed by atoms with E-state index >= 15 is 0 Å². The molecule has 35 heavy (non-hydrogen) atoms. The molecule has 1 N–H and O–H groups in total. The fraction of sp³-hybridized carbons (Fsp3) is 0.448. The number of furan rings is 1. The van der Waals surface area contributed by atoms with Crippen LogP contribution in [-0.4, -0.2) is 39.4 Å². The summed E-state index contributed by atoms with van der Waals surface area (Å²) >= 11 is 0. The van der Waals surface area contributed by atoms with E-state index in [1.165, 1.54) is 12.0 Å². The van der Waals surface area contributed by atoms with Crippen LogP contribution in [0.25, 0.3) is 11.5 Å². The van der Waals surface area contributed by atoms with E-state index in [4.69, 9.17) is 4.42 Å². The number of benzene rings is 1. The Labute approximate surface area is 207 Å². The summed E-state index contributed by atoms with van der Waals surface area (Å²) in [6.45, 7) is 5.06. The largest absolute Gasteiger partial charge is 0.463 e. The van der Waals surface area contributed by atoms with Crippen LogP contribution >= 0.6 is 0 Å². The Balaban J connectivity index is 1.44. The first-order chi connectivity index (χ1) is 17.0. The summed E-state index contributed by atoms with van der Waals surface area (Å²) in [6, 6.07) is 17.9. The van der Waals surface area contributed by atoms with E-state index in [-0.39, 0.29) is 17.9 Å². The summed E-state index contributed by atoms with van der Waals surface area (Å²) in [5, 5.41) is 3.35. The van der Waals surface area contributed by atoms with E-state index in [0.29, 0.717) is 30.5 Å². The molecule has 3 atom stereocenters. The SMILES string of the molecule is C[C@@H]1CCCC[C@H]1NC(=O)[C@@]1(C)Cn2c(ccc2-c2ccco2)C(=O)N1CCCc1ccccc1. The zero-order valence-corrected chi connectivity index (χ0v) is 20.7. The van der Waals surface area contributed by atoms with Gasteiger partial charge in [0.1, 0.15) is 17.0 Å². The van der Waals surface area contributed by atoms with Gasteiger partial charge >= 0.3 is 0 Å². The van der Waals surface area contributed by atoms with Gasteiger partial charge in [0, 0.05) is 12.6 Å². The maximum absolute atomic E-state index is 13.9. The molecule has 0 radical (unpaired) electrons. The van der Waals surface area contributed by atoms with Gasteiger partial charge < -0.3 is 19.2 Å². The van der Waals surface area contributed by atoms with Crippen LogP contribution < -0.4 is 5.32 Å². The lowest BCUT2D eigenvalue weighted by Gasteiger charge is -2.45. The van der Waals surface area contributed by atoms with Crippen molar-refractivity contribution in [3.8, 4) is 11.5 Å². The first kappa shape index (κ1) is 23.5. The summed E-state index contributed by atoms with van der Waals surface area (Å²) in [4.78, 5) is 29.5. The van der Waals surface area contributed by atoms with Gasteiger partial charge in [0.2, 0.25) is 5.91 Å². The van der Waals surface area contributed by atoms with Crippen LogP contribution in [0.5, 0.6) is 0 Å². The van der Waals surface area contributed by atoms with Crippen LogP contribution in [0.1, 0.15) is 62.0 Å². The molecule has 0 unspecified atom stereocenters. The van der Waals surface area contributed by atoms with Gasteiger partial charge in [-0.25, -0.2) is 0 Å². The molecule has 3 aromatic rings. The Morgan fingerprint density at radius 2 is 1.83 bits per heavy atom. The van der Waals surface area contributed by atoms with Gasteiger partial charge in [-0.1, -0.05) is 50.1 Å². The monoisotopic (exact) mass is 473 g/mol. The second-order valence-electron chi connectivity index (χ2n) is 10.3. The third-order valence-electron chi connectivity index (χ3n) is 7.89. The van der Waals surface area contributed by atoms with E-state index in [9.17, 15) is 9.59 Å². The van der Waals surface area contributed by atoms with E-state index in [1.807, 2.05) is 54.0 Å². The zero-order valence-electron chi connectivity index (χ0n) is 20.7. The predicted octanol–water partition coefficient (Wildman–Crippen LogP) is 5.29. The Morgan fingerprint density at radius 3 is 2.57 bits per heavy atom. The van der Waals surface area contributed by atoms with Crippen molar-refractivity contribution in [3.05, 3.63) is 72.1 Å². The lowest BCUT2D eigenvalue weighted by molar-refractivity contribution is -0.134. The van der Waals surface area contributed by atoms with E-state index < -0.39 is 5.54 Å². The van der Waals surface area contributed by atoms with Crippen LogP contribution in [0.2, 0.25) is 0 Å². The van der Waals surface area contributed by atoms with Gasteiger partial charge in [-0.3, -0.25) is 9.59 Å². The highest BCUT2D eigenvalue weighted by Gasteiger charge is 2.48. The van der Waals surface area contributed by atoms with Gasteiger partial charge in [-0.05, 0) is 68.4 Å². The molecule has 2 aliphatic rings. The van der Waals surface area contributed by atoms with Crippen molar-refractivity contribution >= 4 is 11.8 Å². The number of fused-ring (bicyclic) bond motifs is 1. The van der Waals surface area contributed by atoms with Gasteiger partial charge in [-0.15, -0.1) is 0 Å². The number of aryl methyl sites for hydroxylation is 1. The second kappa shape index (κ2) is 9.76. The average Bonchev–Trinajstić information content (AvgIpc) is 3.53. The minimum atomic E-state index is -0.988. The number of nitrogens with zero attached hydrogens (tertiary/aromatic N) is 2. The van der Waals surface area contributed by atoms with Crippen molar-refractivity contribution in [2.45, 2.75) is 70.5 Å². The lowest BCUT2D eigenvalue weighted by Crippen LogP contribution is -2.65. The molecule has 0 bridgehead atoms. The molecule has 1 aliphatic carbocycles. The number of hydrogen-bond acceptors (Lipinski definition) is 3. The molecule has 3 heterocycles. The van der Waals surface area contributed by atoms with Crippen molar-refractivity contribution in [1.82, 2.24) is 14.8 Å². The van der Waals surface area contributed by atoms with E-state index in [2.05, 4.69) is 24.4 Å². The van der Waals surface area contributed by atoms with Gasteiger partial charge in [0.05, 0.1) is 18.5 Å². The van der Waals surface area contributed by atoms with Gasteiger partial charge in [-0.2, -0.15) is 0 Å². The lowest BCUT2D eigenvalue weighted by atomic mass is 9.85. The number of nitrogens with one attached hydrogen (secondary N) is 1. The highest BCUT2D eigenvalue weighted by Crippen LogP contribution is 2.34. The molecule has 0 spiro atoms. The molecule has 1 fully saturated rings. The van der Waals surface area contributed by atoms with Crippen LogP contribution in [0.15, 0.2) is 65.3 Å². The third-order valence-corrected chi connectivity index (χ3v) is 7.89. The van der Waals surface area contributed by atoms with Crippen LogP contribution in [0, 0.1) is 5.92 Å². The highest BCUT2D eigenvalue weighted by atomic mass is 16.3.